The molecule has 0 fully saturated rings. The van der Waals surface area contributed by atoms with Gasteiger partial charge < -0.3 is 9.47 Å². The van der Waals surface area contributed by atoms with Gasteiger partial charge in [0, 0.05) is 11.1 Å². The van der Waals surface area contributed by atoms with Gasteiger partial charge in [-0.3, -0.25) is 4.99 Å². The zero-order valence-corrected chi connectivity index (χ0v) is 24.0. The second-order valence-electron chi connectivity index (χ2n) is 11.5. The normalized spacial score (nSPS) is 19.7. The van der Waals surface area contributed by atoms with Gasteiger partial charge in [-0.15, -0.1) is 0 Å². The maximum atomic E-state index is 6.99. The lowest BCUT2D eigenvalue weighted by molar-refractivity contribution is 0.361. The van der Waals surface area contributed by atoms with Crippen LogP contribution in [0, 0.1) is 5.92 Å². The number of aliphatic imine (C=N–C) groups is 1. The fraction of sp³-hybridized carbons (Fsp3) is 0.125. The van der Waals surface area contributed by atoms with Gasteiger partial charge >= 0.3 is 0 Å². The van der Waals surface area contributed by atoms with E-state index in [1.54, 1.807) is 0 Å². The summed E-state index contributed by atoms with van der Waals surface area (Å²) in [7, 11) is 0. The molecule has 8 rings (SSSR count). The largest absolute Gasteiger partial charge is 0.449 e. The number of benzene rings is 5. The van der Waals surface area contributed by atoms with E-state index < -0.39 is 0 Å². The lowest BCUT2D eigenvalue weighted by Gasteiger charge is -2.39. The van der Waals surface area contributed by atoms with Crippen LogP contribution >= 0.6 is 0 Å². The molecule has 3 heteroatoms. The predicted octanol–water partition coefficient (Wildman–Crippen LogP) is 10.5. The van der Waals surface area contributed by atoms with Crippen LogP contribution in [0.2, 0.25) is 0 Å². The third-order valence-corrected chi connectivity index (χ3v) is 9.31. The molecule has 3 nitrogen and oxygen atoms in total. The van der Waals surface area contributed by atoms with Crippen molar-refractivity contribution in [1.82, 2.24) is 0 Å². The summed E-state index contributed by atoms with van der Waals surface area (Å²) in [5.41, 5.74) is 8.97. The predicted molar refractivity (Wildman–Crippen MR) is 175 cm³/mol. The first-order chi connectivity index (χ1) is 21.2. The molecule has 3 unspecified atom stereocenters. The van der Waals surface area contributed by atoms with Crippen LogP contribution in [-0.4, -0.2) is 6.72 Å². The van der Waals surface area contributed by atoms with Gasteiger partial charge in [-0.05, 0) is 71.5 Å². The fourth-order valence-electron chi connectivity index (χ4n) is 7.25. The van der Waals surface area contributed by atoms with Crippen LogP contribution in [0.1, 0.15) is 41.6 Å². The molecule has 0 aromatic heterocycles. The average Bonchev–Trinajstić information content (AvgIpc) is 3.39. The third kappa shape index (κ3) is 3.78. The van der Waals surface area contributed by atoms with Crippen molar-refractivity contribution in [3.63, 3.8) is 0 Å². The quantitative estimate of drug-likeness (QED) is 0.197. The molecule has 0 amide bonds. The van der Waals surface area contributed by atoms with Crippen molar-refractivity contribution in [2.75, 3.05) is 0 Å². The van der Waals surface area contributed by atoms with Crippen LogP contribution in [0.3, 0.4) is 0 Å². The van der Waals surface area contributed by atoms with Crippen molar-refractivity contribution in [3.05, 3.63) is 156 Å². The minimum absolute atomic E-state index is 0.0484. The van der Waals surface area contributed by atoms with E-state index in [2.05, 4.69) is 133 Å². The Morgan fingerprint density at radius 1 is 0.721 bits per heavy atom. The number of para-hydroxylation sites is 1. The Kier molecular flexibility index (Phi) is 5.94. The summed E-state index contributed by atoms with van der Waals surface area (Å²) in [6.07, 6.45) is 9.96. The zero-order valence-electron chi connectivity index (χ0n) is 24.0. The Morgan fingerprint density at radius 2 is 1.49 bits per heavy atom. The summed E-state index contributed by atoms with van der Waals surface area (Å²) < 4.78 is 13.6. The summed E-state index contributed by atoms with van der Waals surface area (Å²) in [5.74, 6) is 3.22. The minimum Gasteiger partial charge on any atom is -0.449 e. The number of fused-ring (bicyclic) bond motifs is 6. The van der Waals surface area contributed by atoms with E-state index in [-0.39, 0.29) is 17.4 Å². The maximum Gasteiger partial charge on any atom is 0.178 e. The third-order valence-electron chi connectivity index (χ3n) is 9.31. The molecule has 208 valence electrons. The van der Waals surface area contributed by atoms with Crippen molar-refractivity contribution in [2.45, 2.75) is 24.8 Å². The van der Waals surface area contributed by atoms with Crippen LogP contribution in [-0.2, 0) is 5.41 Å². The number of rotatable bonds is 5. The number of ether oxygens (including phenoxy) is 2. The highest BCUT2D eigenvalue weighted by Crippen LogP contribution is 2.63. The van der Waals surface area contributed by atoms with Gasteiger partial charge in [0.1, 0.15) is 0 Å². The molecule has 3 aliphatic rings. The van der Waals surface area contributed by atoms with Gasteiger partial charge in [-0.2, -0.15) is 0 Å². The lowest BCUT2D eigenvalue weighted by atomic mass is 9.62. The van der Waals surface area contributed by atoms with Crippen LogP contribution < -0.4 is 9.47 Å². The standard InChI is InChI=1S/C40H31NO2/c1-26(41-2)27-20-22-28(23-21-27)31-17-11-19-35-38(31)43-39-36(42-35)25-24-34-37(39)32-16-9-10-18-33(32)40(34,29-12-5-3-6-13-29)30-14-7-4-8-15-30/h3-14,16-26,30H,2,15H2,1H3. The monoisotopic (exact) mass is 557 g/mol. The molecule has 43 heavy (non-hydrogen) atoms. The van der Waals surface area contributed by atoms with Crippen LogP contribution in [0.25, 0.3) is 22.3 Å². The summed E-state index contributed by atoms with van der Waals surface area (Å²) in [5, 5.41) is 0. The van der Waals surface area contributed by atoms with Crippen molar-refractivity contribution < 1.29 is 9.47 Å². The molecule has 0 radical (unpaired) electrons. The van der Waals surface area contributed by atoms with Crippen LogP contribution in [0.4, 0.5) is 0 Å². The van der Waals surface area contributed by atoms with Gasteiger partial charge in [0.2, 0.25) is 0 Å². The Bertz CT molecular complexity index is 1940. The second kappa shape index (κ2) is 9.99. The van der Waals surface area contributed by atoms with Crippen molar-refractivity contribution in [2.24, 2.45) is 10.9 Å². The number of allylic oxidation sites excluding steroid dienone is 4. The minimum atomic E-state index is -0.363. The summed E-state index contributed by atoms with van der Waals surface area (Å²) in [6.45, 7) is 5.76. The highest BCUT2D eigenvalue weighted by atomic mass is 16.6. The molecule has 0 saturated carbocycles. The molecule has 0 saturated heterocycles. The van der Waals surface area contributed by atoms with E-state index in [4.69, 9.17) is 9.47 Å². The van der Waals surface area contributed by atoms with E-state index in [1.807, 2.05) is 19.1 Å². The molecule has 5 aromatic rings. The first-order valence-corrected chi connectivity index (χ1v) is 14.9. The Hall–Kier alpha value is -5.15. The molecular weight excluding hydrogens is 526 g/mol. The molecule has 0 N–H and O–H groups in total. The molecule has 5 aromatic carbocycles. The molecular formula is C40H31NO2. The van der Waals surface area contributed by atoms with Gasteiger partial charge in [0.05, 0.1) is 11.5 Å². The Labute approximate surface area is 252 Å². The Morgan fingerprint density at radius 3 is 2.28 bits per heavy atom. The van der Waals surface area contributed by atoms with Crippen molar-refractivity contribution in [1.29, 1.82) is 0 Å². The molecule has 0 bridgehead atoms. The highest BCUT2D eigenvalue weighted by molar-refractivity contribution is 5.91. The van der Waals surface area contributed by atoms with E-state index in [0.29, 0.717) is 0 Å². The number of hydrogen-bond donors (Lipinski definition) is 0. The van der Waals surface area contributed by atoms with Gasteiger partial charge in [-0.1, -0.05) is 121 Å². The van der Waals surface area contributed by atoms with Crippen molar-refractivity contribution >= 4 is 6.72 Å². The molecule has 2 aliphatic carbocycles. The first kappa shape index (κ1) is 25.6. The van der Waals surface area contributed by atoms with E-state index >= 15 is 0 Å². The highest BCUT2D eigenvalue weighted by Gasteiger charge is 2.50. The number of nitrogens with zero attached hydrogens (tertiary/aromatic N) is 1. The van der Waals surface area contributed by atoms with E-state index in [9.17, 15) is 0 Å². The lowest BCUT2D eigenvalue weighted by Crippen LogP contribution is -2.35. The Balaban J connectivity index is 1.33. The topological polar surface area (TPSA) is 30.8 Å². The van der Waals surface area contributed by atoms with E-state index in [0.717, 1.165) is 51.7 Å². The smallest absolute Gasteiger partial charge is 0.178 e. The summed E-state index contributed by atoms with van der Waals surface area (Å²) >= 11 is 0. The maximum absolute atomic E-state index is 6.99. The number of hydrogen-bond acceptors (Lipinski definition) is 3. The van der Waals surface area contributed by atoms with Crippen molar-refractivity contribution in [3.8, 4) is 45.3 Å². The molecule has 3 atom stereocenters. The van der Waals surface area contributed by atoms with Crippen LogP contribution in [0.5, 0.6) is 23.0 Å². The van der Waals surface area contributed by atoms with Gasteiger partial charge in [0.15, 0.2) is 23.0 Å². The van der Waals surface area contributed by atoms with Gasteiger partial charge in [-0.25, -0.2) is 0 Å². The molecule has 1 aliphatic heterocycles. The second-order valence-corrected chi connectivity index (χ2v) is 11.5. The summed E-state index contributed by atoms with van der Waals surface area (Å²) in [6, 6.07) is 38.7. The van der Waals surface area contributed by atoms with E-state index in [1.165, 1.54) is 22.3 Å². The van der Waals surface area contributed by atoms with Gasteiger partial charge in [0.25, 0.3) is 0 Å². The SMILES string of the molecule is C=NC(C)c1ccc(-c2cccc3c2Oc2c(ccc4c2-c2ccccc2C4(c2ccccc2)C2C=CC=CC2)O3)cc1. The molecule has 1 heterocycles. The molecule has 0 spiro atoms. The zero-order chi connectivity index (χ0) is 29.0. The summed E-state index contributed by atoms with van der Waals surface area (Å²) in [4.78, 5) is 4.17. The average molecular weight is 558 g/mol. The fourth-order valence-corrected chi connectivity index (χ4v) is 7.25. The first-order valence-electron chi connectivity index (χ1n) is 14.9. The van der Waals surface area contributed by atoms with Crippen LogP contribution in [0.15, 0.2) is 138 Å².